The highest BCUT2D eigenvalue weighted by molar-refractivity contribution is 5.88. The van der Waals surface area contributed by atoms with E-state index in [1.807, 2.05) is 66.7 Å². The van der Waals surface area contributed by atoms with Gasteiger partial charge in [0.1, 0.15) is 5.75 Å². The van der Waals surface area contributed by atoms with E-state index in [2.05, 4.69) is 6.07 Å². The van der Waals surface area contributed by atoms with Crippen molar-refractivity contribution in [1.29, 1.82) is 5.26 Å². The Kier molecular flexibility index (Phi) is 5.19. The summed E-state index contributed by atoms with van der Waals surface area (Å²) in [6.45, 7) is 0. The maximum Gasteiger partial charge on any atom is 0.324 e. The van der Waals surface area contributed by atoms with Crippen LogP contribution in [0.4, 0.5) is 0 Å². The Morgan fingerprint density at radius 3 is 2.31 bits per heavy atom. The van der Waals surface area contributed by atoms with Crippen molar-refractivity contribution in [3.63, 3.8) is 0 Å². The maximum atomic E-state index is 12.4. The lowest BCUT2D eigenvalue weighted by molar-refractivity contribution is -0.143. The summed E-state index contributed by atoms with van der Waals surface area (Å²) < 4.78 is 10.4. The zero-order chi connectivity index (χ0) is 18.5. The number of ether oxygens (including phenoxy) is 2. The van der Waals surface area contributed by atoms with Crippen LogP contribution in [0.25, 0.3) is 10.8 Å². The van der Waals surface area contributed by atoms with E-state index in [1.54, 1.807) is 7.11 Å². The van der Waals surface area contributed by atoms with Crippen LogP contribution in [-0.2, 0) is 9.53 Å². The van der Waals surface area contributed by atoms with Crippen LogP contribution in [0.15, 0.2) is 66.7 Å². The summed E-state index contributed by atoms with van der Waals surface area (Å²) in [5, 5.41) is 11.8. The molecule has 26 heavy (non-hydrogen) atoms. The Morgan fingerprint density at radius 2 is 1.58 bits per heavy atom. The Morgan fingerprint density at radius 1 is 0.923 bits per heavy atom. The number of fused-ring (bicyclic) bond motifs is 1. The molecule has 0 bridgehead atoms. The number of carbonyl (C=O) groups excluding carboxylic acids is 1. The fourth-order valence-electron chi connectivity index (χ4n) is 3.36. The summed E-state index contributed by atoms with van der Waals surface area (Å²) in [7, 11) is 2.88. The summed E-state index contributed by atoms with van der Waals surface area (Å²) in [6, 6.07) is 23.4. The van der Waals surface area contributed by atoms with Gasteiger partial charge < -0.3 is 9.47 Å². The monoisotopic (exact) mass is 345 g/mol. The van der Waals surface area contributed by atoms with Crippen molar-refractivity contribution < 1.29 is 14.3 Å². The minimum Gasteiger partial charge on any atom is -0.496 e. The van der Waals surface area contributed by atoms with Crippen LogP contribution in [0.2, 0.25) is 0 Å². The molecule has 0 aromatic heterocycles. The third kappa shape index (κ3) is 3.12. The number of hydrogen-bond donors (Lipinski definition) is 0. The van der Waals surface area contributed by atoms with E-state index in [4.69, 9.17) is 9.47 Å². The second kappa shape index (κ2) is 7.71. The minimum absolute atomic E-state index is 0.505. The fourth-order valence-corrected chi connectivity index (χ4v) is 3.36. The molecule has 0 saturated heterocycles. The van der Waals surface area contributed by atoms with Crippen LogP contribution in [0.5, 0.6) is 5.75 Å². The molecule has 3 aromatic carbocycles. The highest BCUT2D eigenvalue weighted by Crippen LogP contribution is 2.40. The van der Waals surface area contributed by atoms with Crippen molar-refractivity contribution in [2.24, 2.45) is 5.92 Å². The number of benzene rings is 3. The number of rotatable bonds is 5. The third-order valence-corrected chi connectivity index (χ3v) is 4.56. The standard InChI is InChI=1S/C22H19NO3/c1-25-20-13-6-5-11-18(20)21(19(14-23)22(24)26-2)17-12-7-9-15-8-3-4-10-16(15)17/h3-13,19,21H,1-2H3/t19-,21+/m1/s1. The smallest absolute Gasteiger partial charge is 0.324 e. The molecule has 3 aromatic rings. The van der Waals surface area contributed by atoms with Crippen molar-refractivity contribution >= 4 is 16.7 Å². The quantitative estimate of drug-likeness (QED) is 0.647. The molecule has 0 aliphatic heterocycles. The Hall–Kier alpha value is -3.32. The first-order valence-electron chi connectivity index (χ1n) is 8.29. The van der Waals surface area contributed by atoms with Gasteiger partial charge >= 0.3 is 5.97 Å². The predicted octanol–water partition coefficient (Wildman–Crippen LogP) is 4.29. The zero-order valence-corrected chi connectivity index (χ0v) is 14.7. The highest BCUT2D eigenvalue weighted by Gasteiger charge is 2.34. The average Bonchev–Trinajstić information content (AvgIpc) is 2.71. The molecule has 0 fully saturated rings. The normalized spacial score (nSPS) is 12.8. The highest BCUT2D eigenvalue weighted by atomic mass is 16.5. The van der Waals surface area contributed by atoms with E-state index >= 15 is 0 Å². The Bertz CT molecular complexity index is 969. The van der Waals surface area contributed by atoms with Gasteiger partial charge in [0.25, 0.3) is 0 Å². The Labute approximate surface area is 152 Å². The van der Waals surface area contributed by atoms with Gasteiger partial charge in [0.15, 0.2) is 5.92 Å². The number of esters is 1. The van der Waals surface area contributed by atoms with Gasteiger partial charge in [0.05, 0.1) is 20.3 Å². The predicted molar refractivity (Wildman–Crippen MR) is 99.9 cm³/mol. The number of carbonyl (C=O) groups is 1. The number of nitrogens with zero attached hydrogens (tertiary/aromatic N) is 1. The molecule has 0 heterocycles. The van der Waals surface area contributed by atoms with Gasteiger partial charge in [-0.3, -0.25) is 4.79 Å². The Balaban J connectivity index is 2.30. The first-order chi connectivity index (χ1) is 12.7. The van der Waals surface area contributed by atoms with Gasteiger partial charge in [0.2, 0.25) is 0 Å². The summed E-state index contributed by atoms with van der Waals surface area (Å²) in [5.74, 6) is -1.41. The number of para-hydroxylation sites is 1. The van der Waals surface area contributed by atoms with E-state index in [-0.39, 0.29) is 0 Å². The molecular formula is C22H19NO3. The number of hydrogen-bond acceptors (Lipinski definition) is 4. The molecule has 4 heteroatoms. The summed E-state index contributed by atoms with van der Waals surface area (Å²) >= 11 is 0. The fraction of sp³-hybridized carbons (Fsp3) is 0.182. The summed E-state index contributed by atoms with van der Waals surface area (Å²) in [4.78, 5) is 12.4. The van der Waals surface area contributed by atoms with E-state index < -0.39 is 17.8 Å². The van der Waals surface area contributed by atoms with Gasteiger partial charge in [-0.05, 0) is 22.4 Å². The summed E-state index contributed by atoms with van der Waals surface area (Å²) in [5.41, 5.74) is 1.67. The lowest BCUT2D eigenvalue weighted by Gasteiger charge is -2.24. The first-order valence-corrected chi connectivity index (χ1v) is 8.29. The van der Waals surface area contributed by atoms with Crippen LogP contribution >= 0.6 is 0 Å². The molecule has 2 atom stereocenters. The molecule has 0 radical (unpaired) electrons. The molecule has 0 amide bonds. The third-order valence-electron chi connectivity index (χ3n) is 4.56. The van der Waals surface area contributed by atoms with Crippen molar-refractivity contribution in [3.8, 4) is 11.8 Å². The molecule has 3 rings (SSSR count). The van der Waals surface area contributed by atoms with E-state index in [0.29, 0.717) is 5.75 Å². The summed E-state index contributed by atoms with van der Waals surface area (Å²) in [6.07, 6.45) is 0. The average molecular weight is 345 g/mol. The van der Waals surface area contributed by atoms with Gasteiger partial charge in [-0.2, -0.15) is 5.26 Å². The molecule has 0 spiro atoms. The van der Waals surface area contributed by atoms with Crippen molar-refractivity contribution in [3.05, 3.63) is 77.9 Å². The van der Waals surface area contributed by atoms with Crippen LogP contribution in [0.3, 0.4) is 0 Å². The molecule has 0 saturated carbocycles. The van der Waals surface area contributed by atoms with Crippen LogP contribution < -0.4 is 4.74 Å². The van der Waals surface area contributed by atoms with Gasteiger partial charge in [-0.1, -0.05) is 60.7 Å². The van der Waals surface area contributed by atoms with Crippen LogP contribution in [0, 0.1) is 17.2 Å². The molecular weight excluding hydrogens is 326 g/mol. The maximum absolute atomic E-state index is 12.4. The molecule has 0 N–H and O–H groups in total. The second-order valence-corrected chi connectivity index (χ2v) is 5.92. The second-order valence-electron chi connectivity index (χ2n) is 5.92. The molecule has 0 aliphatic rings. The molecule has 4 nitrogen and oxygen atoms in total. The van der Waals surface area contributed by atoms with Gasteiger partial charge in [-0.25, -0.2) is 0 Å². The van der Waals surface area contributed by atoms with E-state index in [1.165, 1.54) is 7.11 Å². The van der Waals surface area contributed by atoms with Crippen LogP contribution in [0.1, 0.15) is 17.0 Å². The molecule has 0 unspecified atom stereocenters. The van der Waals surface area contributed by atoms with Crippen molar-refractivity contribution in [1.82, 2.24) is 0 Å². The van der Waals surface area contributed by atoms with Crippen molar-refractivity contribution in [2.45, 2.75) is 5.92 Å². The largest absolute Gasteiger partial charge is 0.496 e. The topological polar surface area (TPSA) is 59.3 Å². The lowest BCUT2D eigenvalue weighted by atomic mass is 9.79. The SMILES string of the molecule is COC(=O)[C@H](C#N)[C@H](c1ccccc1OC)c1cccc2ccccc12. The van der Waals surface area contributed by atoms with E-state index in [9.17, 15) is 10.1 Å². The van der Waals surface area contributed by atoms with Gasteiger partial charge in [-0.15, -0.1) is 0 Å². The number of methoxy groups -OCH3 is 2. The minimum atomic E-state index is -0.984. The van der Waals surface area contributed by atoms with E-state index in [0.717, 1.165) is 21.9 Å². The molecule has 130 valence electrons. The molecule has 0 aliphatic carbocycles. The lowest BCUT2D eigenvalue weighted by Crippen LogP contribution is -2.24. The first kappa shape index (κ1) is 17.5. The zero-order valence-electron chi connectivity index (χ0n) is 14.7. The number of nitriles is 1. The van der Waals surface area contributed by atoms with Crippen molar-refractivity contribution in [2.75, 3.05) is 14.2 Å². The van der Waals surface area contributed by atoms with Gasteiger partial charge in [0, 0.05) is 11.5 Å². The van der Waals surface area contributed by atoms with Crippen LogP contribution in [-0.4, -0.2) is 20.2 Å².